The molecule has 0 aliphatic heterocycles. The Morgan fingerprint density at radius 3 is 2.58 bits per heavy atom. The van der Waals surface area contributed by atoms with Crippen molar-refractivity contribution < 1.29 is 0 Å². The Hall–Kier alpha value is -1.23. The van der Waals surface area contributed by atoms with E-state index in [4.69, 9.17) is 0 Å². The fourth-order valence-electron chi connectivity index (χ4n) is 1.33. The van der Waals surface area contributed by atoms with Crippen molar-refractivity contribution in [1.82, 2.24) is 9.55 Å². The van der Waals surface area contributed by atoms with E-state index in [0.29, 0.717) is 0 Å². The molecule has 1 rings (SSSR count). The van der Waals surface area contributed by atoms with Crippen LogP contribution in [0.2, 0.25) is 0 Å². The van der Waals surface area contributed by atoms with Crippen LogP contribution >= 0.6 is 0 Å². The quantitative estimate of drug-likeness (QED) is 0.577. The number of aryl methyl sites for hydroxylation is 1. The summed E-state index contributed by atoms with van der Waals surface area (Å²) in [4.78, 5) is 4.16. The van der Waals surface area contributed by atoms with Gasteiger partial charge in [-0.1, -0.05) is 5.92 Å². The summed E-state index contributed by atoms with van der Waals surface area (Å²) in [6.45, 7) is 8.00. The third-order valence-electron chi connectivity index (χ3n) is 1.86. The van der Waals surface area contributed by atoms with Crippen LogP contribution in [0.15, 0.2) is 12.4 Å². The Morgan fingerprint density at radius 1 is 1.50 bits per heavy atom. The Balaban J connectivity index is 3.10. The van der Waals surface area contributed by atoms with Gasteiger partial charge in [-0.25, -0.2) is 4.98 Å². The van der Waals surface area contributed by atoms with Crippen LogP contribution in [0.1, 0.15) is 26.6 Å². The van der Waals surface area contributed by atoms with E-state index in [-0.39, 0.29) is 5.54 Å². The third kappa shape index (κ3) is 1.50. The van der Waals surface area contributed by atoms with E-state index in [2.05, 4.69) is 35.2 Å². The van der Waals surface area contributed by atoms with Crippen molar-refractivity contribution in [3.8, 4) is 11.8 Å². The maximum Gasteiger partial charge on any atom is 0.106 e. The lowest BCUT2D eigenvalue weighted by atomic mass is 10.1. The molecule has 2 nitrogen and oxygen atoms in total. The monoisotopic (exact) mass is 162 g/mol. The molecule has 64 valence electrons. The molecule has 0 unspecified atom stereocenters. The molecule has 0 spiro atoms. The van der Waals surface area contributed by atoms with Gasteiger partial charge in [-0.05, 0) is 27.7 Å². The van der Waals surface area contributed by atoms with Crippen molar-refractivity contribution in [3.05, 3.63) is 18.2 Å². The first-order chi connectivity index (χ1) is 5.58. The van der Waals surface area contributed by atoms with Crippen molar-refractivity contribution in [2.75, 3.05) is 0 Å². The molecular formula is C10H14N2. The Kier molecular flexibility index (Phi) is 2.23. The number of rotatable bonds is 1. The predicted octanol–water partition coefficient (Wildman–Crippen LogP) is 1.95. The van der Waals surface area contributed by atoms with Crippen molar-refractivity contribution >= 4 is 0 Å². The van der Waals surface area contributed by atoms with Gasteiger partial charge in [-0.2, -0.15) is 0 Å². The first kappa shape index (κ1) is 8.86. The van der Waals surface area contributed by atoms with Gasteiger partial charge in [0.05, 0.1) is 0 Å². The van der Waals surface area contributed by atoms with Crippen LogP contribution in [0.25, 0.3) is 0 Å². The minimum atomic E-state index is -0.144. The van der Waals surface area contributed by atoms with Crippen LogP contribution in [-0.2, 0) is 5.54 Å². The number of imidazole rings is 1. The highest BCUT2D eigenvalue weighted by Gasteiger charge is 2.17. The first-order valence-electron chi connectivity index (χ1n) is 4.02. The van der Waals surface area contributed by atoms with Gasteiger partial charge in [-0.3, -0.25) is 0 Å². The van der Waals surface area contributed by atoms with Gasteiger partial charge in [0.25, 0.3) is 0 Å². The first-order valence-corrected chi connectivity index (χ1v) is 4.02. The lowest BCUT2D eigenvalue weighted by Crippen LogP contribution is -2.24. The third-order valence-corrected chi connectivity index (χ3v) is 1.86. The molecule has 0 saturated carbocycles. The molecule has 1 heterocycles. The fraction of sp³-hybridized carbons (Fsp3) is 0.500. The summed E-state index contributed by atoms with van der Waals surface area (Å²) >= 11 is 0. The lowest BCUT2D eigenvalue weighted by molar-refractivity contribution is 0.462. The minimum Gasteiger partial charge on any atom is -0.319 e. The predicted molar refractivity (Wildman–Crippen MR) is 49.7 cm³/mol. The molecule has 0 saturated heterocycles. The molecule has 0 atom stereocenters. The smallest absolute Gasteiger partial charge is 0.106 e. The number of hydrogen-bond donors (Lipinski definition) is 0. The number of hydrogen-bond acceptors (Lipinski definition) is 1. The van der Waals surface area contributed by atoms with E-state index in [1.807, 2.05) is 20.0 Å². The molecule has 2 heteroatoms. The zero-order valence-corrected chi connectivity index (χ0v) is 8.05. The summed E-state index contributed by atoms with van der Waals surface area (Å²) in [7, 11) is 0. The standard InChI is InChI=1S/C10H14N2/c1-5-6-10(3,4)12-8-7-11-9(12)2/h7-8H,1-4H3. The van der Waals surface area contributed by atoms with Crippen LogP contribution in [0.5, 0.6) is 0 Å². The van der Waals surface area contributed by atoms with Gasteiger partial charge in [-0.15, -0.1) is 5.92 Å². The second-order valence-electron chi connectivity index (χ2n) is 3.28. The molecule has 1 aromatic heterocycles. The Morgan fingerprint density at radius 2 is 2.17 bits per heavy atom. The zero-order valence-electron chi connectivity index (χ0n) is 8.05. The minimum absolute atomic E-state index is 0.144. The molecular weight excluding hydrogens is 148 g/mol. The van der Waals surface area contributed by atoms with Crippen LogP contribution < -0.4 is 0 Å². The van der Waals surface area contributed by atoms with E-state index < -0.39 is 0 Å². The van der Waals surface area contributed by atoms with Crippen LogP contribution in [0, 0.1) is 18.8 Å². The van der Waals surface area contributed by atoms with Crippen molar-refractivity contribution in [2.24, 2.45) is 0 Å². The highest BCUT2D eigenvalue weighted by Crippen LogP contribution is 2.15. The lowest BCUT2D eigenvalue weighted by Gasteiger charge is -2.21. The van der Waals surface area contributed by atoms with E-state index in [9.17, 15) is 0 Å². The Bertz CT molecular complexity index is 323. The SMILES string of the molecule is CC#CC(C)(C)n1ccnc1C. The fourth-order valence-corrected chi connectivity index (χ4v) is 1.33. The van der Waals surface area contributed by atoms with Crippen molar-refractivity contribution in [2.45, 2.75) is 33.2 Å². The summed E-state index contributed by atoms with van der Waals surface area (Å²) in [6.07, 6.45) is 3.76. The van der Waals surface area contributed by atoms with Crippen LogP contribution in [-0.4, -0.2) is 9.55 Å². The summed E-state index contributed by atoms with van der Waals surface area (Å²) in [5, 5.41) is 0. The van der Waals surface area contributed by atoms with Gasteiger partial charge in [0, 0.05) is 12.4 Å². The summed E-state index contributed by atoms with van der Waals surface area (Å²) in [5.74, 6) is 7.07. The average Bonchev–Trinajstić information content (AvgIpc) is 2.35. The van der Waals surface area contributed by atoms with Gasteiger partial charge in [0.2, 0.25) is 0 Å². The topological polar surface area (TPSA) is 17.8 Å². The second kappa shape index (κ2) is 3.02. The zero-order chi connectivity index (χ0) is 9.19. The van der Waals surface area contributed by atoms with Crippen LogP contribution in [0.3, 0.4) is 0 Å². The maximum absolute atomic E-state index is 4.16. The van der Waals surface area contributed by atoms with Crippen LogP contribution in [0.4, 0.5) is 0 Å². The van der Waals surface area contributed by atoms with E-state index in [1.165, 1.54) is 0 Å². The molecule has 0 aromatic carbocycles. The molecule has 0 bridgehead atoms. The van der Waals surface area contributed by atoms with E-state index >= 15 is 0 Å². The summed E-state index contributed by atoms with van der Waals surface area (Å²) in [6, 6.07) is 0. The van der Waals surface area contributed by atoms with Gasteiger partial charge >= 0.3 is 0 Å². The maximum atomic E-state index is 4.16. The molecule has 0 amide bonds. The van der Waals surface area contributed by atoms with Crippen molar-refractivity contribution in [1.29, 1.82) is 0 Å². The number of aromatic nitrogens is 2. The number of nitrogens with zero attached hydrogens (tertiary/aromatic N) is 2. The van der Waals surface area contributed by atoms with Crippen molar-refractivity contribution in [3.63, 3.8) is 0 Å². The normalized spacial score (nSPS) is 10.7. The summed E-state index contributed by atoms with van der Waals surface area (Å²) in [5.41, 5.74) is -0.144. The molecule has 0 radical (unpaired) electrons. The summed E-state index contributed by atoms with van der Waals surface area (Å²) < 4.78 is 2.07. The molecule has 0 aliphatic rings. The van der Waals surface area contributed by atoms with E-state index in [0.717, 1.165) is 5.82 Å². The van der Waals surface area contributed by atoms with Gasteiger partial charge < -0.3 is 4.57 Å². The average molecular weight is 162 g/mol. The largest absolute Gasteiger partial charge is 0.319 e. The molecule has 1 aromatic rings. The molecule has 0 aliphatic carbocycles. The van der Waals surface area contributed by atoms with Gasteiger partial charge in [0.1, 0.15) is 11.4 Å². The highest BCUT2D eigenvalue weighted by atomic mass is 15.1. The molecule has 12 heavy (non-hydrogen) atoms. The molecule has 0 fully saturated rings. The highest BCUT2D eigenvalue weighted by molar-refractivity contribution is 5.13. The molecule has 0 N–H and O–H groups in total. The second-order valence-corrected chi connectivity index (χ2v) is 3.28. The van der Waals surface area contributed by atoms with Gasteiger partial charge in [0.15, 0.2) is 0 Å². The Labute approximate surface area is 73.6 Å². The van der Waals surface area contributed by atoms with E-state index in [1.54, 1.807) is 6.20 Å².